The molecule has 3 atom stereocenters. The van der Waals surface area contributed by atoms with Crippen LogP contribution in [0.4, 0.5) is 0 Å². The lowest BCUT2D eigenvalue weighted by Crippen LogP contribution is -2.60. The summed E-state index contributed by atoms with van der Waals surface area (Å²) in [5.41, 5.74) is -1.18. The van der Waals surface area contributed by atoms with Gasteiger partial charge in [-0.3, -0.25) is 9.63 Å². The van der Waals surface area contributed by atoms with Gasteiger partial charge in [0.15, 0.2) is 0 Å². The third kappa shape index (κ3) is 4.20. The molecule has 0 aromatic heterocycles. The molecule has 7 heteroatoms. The summed E-state index contributed by atoms with van der Waals surface area (Å²) in [4.78, 5) is 17.1. The van der Waals surface area contributed by atoms with E-state index in [0.29, 0.717) is 13.0 Å². The van der Waals surface area contributed by atoms with Crippen LogP contribution in [0.3, 0.4) is 0 Å². The van der Waals surface area contributed by atoms with E-state index in [2.05, 4.69) is 0 Å². The van der Waals surface area contributed by atoms with Crippen LogP contribution < -0.4 is 0 Å². The largest absolute Gasteiger partial charge is 0.394 e. The van der Waals surface area contributed by atoms with Crippen LogP contribution in [0.1, 0.15) is 20.3 Å². The van der Waals surface area contributed by atoms with Crippen LogP contribution in [0.2, 0.25) is 0 Å². The molecule has 1 aliphatic heterocycles. The maximum absolute atomic E-state index is 11.8. The zero-order chi connectivity index (χ0) is 14.5. The van der Waals surface area contributed by atoms with Gasteiger partial charge in [-0.2, -0.15) is 5.06 Å². The van der Waals surface area contributed by atoms with Crippen molar-refractivity contribution in [2.24, 2.45) is 5.92 Å². The van der Waals surface area contributed by atoms with E-state index in [1.807, 2.05) is 0 Å². The number of carbonyl (C=O) groups is 1. The highest BCUT2D eigenvalue weighted by Gasteiger charge is 2.48. The van der Waals surface area contributed by atoms with Gasteiger partial charge in [-0.1, -0.05) is 0 Å². The van der Waals surface area contributed by atoms with Gasteiger partial charge in [-0.05, 0) is 20.3 Å². The lowest BCUT2D eigenvalue weighted by Gasteiger charge is -2.46. The number of hydroxylamine groups is 2. The van der Waals surface area contributed by atoms with E-state index >= 15 is 0 Å². The number of aliphatic hydroxyl groups is 3. The first-order chi connectivity index (χ1) is 8.94. The molecule has 0 aromatic carbocycles. The van der Waals surface area contributed by atoms with Gasteiger partial charge in [0.05, 0.1) is 37.9 Å². The highest BCUT2D eigenvalue weighted by molar-refractivity contribution is 5.80. The number of ketones is 1. The molecule has 3 N–H and O–H groups in total. The number of piperidine rings is 1. The molecule has 0 amide bonds. The van der Waals surface area contributed by atoms with Crippen LogP contribution in [0.5, 0.6) is 0 Å². The summed E-state index contributed by atoms with van der Waals surface area (Å²) in [6, 6.07) is 0. The Labute approximate surface area is 112 Å². The zero-order valence-corrected chi connectivity index (χ0v) is 11.4. The Morgan fingerprint density at radius 2 is 2.00 bits per heavy atom. The number of hydrogen-bond donors (Lipinski definition) is 3. The van der Waals surface area contributed by atoms with Crippen LogP contribution >= 0.6 is 0 Å². The monoisotopic (exact) mass is 277 g/mol. The summed E-state index contributed by atoms with van der Waals surface area (Å²) < 4.78 is 5.44. The van der Waals surface area contributed by atoms with E-state index in [0.717, 1.165) is 0 Å². The van der Waals surface area contributed by atoms with Gasteiger partial charge in [-0.15, -0.1) is 0 Å². The molecule has 1 fully saturated rings. The molecule has 0 spiro atoms. The quantitative estimate of drug-likeness (QED) is 0.543. The summed E-state index contributed by atoms with van der Waals surface area (Å²) in [7, 11) is 0. The molecule has 1 saturated heterocycles. The Morgan fingerprint density at radius 3 is 2.53 bits per heavy atom. The lowest BCUT2D eigenvalue weighted by molar-refractivity contribution is -0.304. The van der Waals surface area contributed by atoms with Gasteiger partial charge in [0.1, 0.15) is 12.0 Å². The standard InChI is InChI=1S/C12H23NO6/c1-9(16)10-11(18-7-5-14)13(19-8-6-15)4-3-12(10,2)17/h10-11,14-15,17H,3-8H2,1-2H3. The number of carbonyl (C=O) groups excluding carboxylic acids is 1. The lowest BCUT2D eigenvalue weighted by atomic mass is 9.79. The first kappa shape index (κ1) is 16.5. The minimum absolute atomic E-state index is 0.0452. The number of Topliss-reactive ketones (excluding diaryl/α,β-unsaturated/α-hetero) is 1. The van der Waals surface area contributed by atoms with Crippen molar-refractivity contribution >= 4 is 5.78 Å². The van der Waals surface area contributed by atoms with Crippen LogP contribution in [0.15, 0.2) is 0 Å². The highest BCUT2D eigenvalue weighted by Crippen LogP contribution is 2.34. The van der Waals surface area contributed by atoms with Crippen LogP contribution in [-0.4, -0.2) is 71.0 Å². The first-order valence-electron chi connectivity index (χ1n) is 6.39. The fourth-order valence-corrected chi connectivity index (χ4v) is 2.38. The minimum atomic E-state index is -1.18. The van der Waals surface area contributed by atoms with Gasteiger partial charge in [-0.25, -0.2) is 0 Å². The molecule has 0 radical (unpaired) electrons. The van der Waals surface area contributed by atoms with Crippen molar-refractivity contribution in [3.8, 4) is 0 Å². The van der Waals surface area contributed by atoms with Gasteiger partial charge in [0, 0.05) is 6.54 Å². The Balaban J connectivity index is 2.86. The fraction of sp³-hybridized carbons (Fsp3) is 0.917. The highest BCUT2D eigenvalue weighted by atomic mass is 16.7. The summed E-state index contributed by atoms with van der Waals surface area (Å²) in [6.45, 7) is 3.17. The second-order valence-corrected chi connectivity index (χ2v) is 4.88. The Hall–Kier alpha value is -0.570. The third-order valence-corrected chi connectivity index (χ3v) is 3.24. The van der Waals surface area contributed by atoms with Crippen molar-refractivity contribution in [1.82, 2.24) is 5.06 Å². The van der Waals surface area contributed by atoms with Gasteiger partial charge < -0.3 is 20.1 Å². The molecule has 1 heterocycles. The number of hydrogen-bond acceptors (Lipinski definition) is 7. The maximum atomic E-state index is 11.8. The van der Waals surface area contributed by atoms with E-state index in [9.17, 15) is 9.90 Å². The van der Waals surface area contributed by atoms with E-state index in [-0.39, 0.29) is 32.2 Å². The van der Waals surface area contributed by atoms with Crippen LogP contribution in [0.25, 0.3) is 0 Å². The average Bonchev–Trinajstić information content (AvgIpc) is 2.33. The van der Waals surface area contributed by atoms with E-state index < -0.39 is 17.7 Å². The summed E-state index contributed by atoms with van der Waals surface area (Å²) in [5.74, 6) is -0.961. The maximum Gasteiger partial charge on any atom is 0.145 e. The van der Waals surface area contributed by atoms with Gasteiger partial charge in [0.2, 0.25) is 0 Å². The Bertz CT molecular complexity index is 296. The topological polar surface area (TPSA) is 99.5 Å². The smallest absolute Gasteiger partial charge is 0.145 e. The normalized spacial score (nSPS) is 32.5. The molecule has 112 valence electrons. The number of ether oxygens (including phenoxy) is 1. The number of aliphatic hydroxyl groups excluding tert-OH is 2. The van der Waals surface area contributed by atoms with E-state index in [1.165, 1.54) is 12.0 Å². The number of rotatable bonds is 7. The summed E-state index contributed by atoms with van der Waals surface area (Å²) in [5, 5.41) is 29.4. The third-order valence-electron chi connectivity index (χ3n) is 3.24. The SMILES string of the molecule is CC(=O)C1C(OCCO)N(OCCO)CCC1(C)O. The molecule has 7 nitrogen and oxygen atoms in total. The minimum Gasteiger partial charge on any atom is -0.394 e. The first-order valence-corrected chi connectivity index (χ1v) is 6.39. The van der Waals surface area contributed by atoms with Crippen LogP contribution in [-0.2, 0) is 14.4 Å². The van der Waals surface area contributed by atoms with Crippen molar-refractivity contribution in [3.63, 3.8) is 0 Å². The molecule has 0 aliphatic carbocycles. The molecule has 1 aliphatic rings. The molecular formula is C12H23NO6. The van der Waals surface area contributed by atoms with E-state index in [4.69, 9.17) is 19.8 Å². The predicted octanol–water partition coefficient (Wildman–Crippen LogP) is -1.09. The van der Waals surface area contributed by atoms with Gasteiger partial charge >= 0.3 is 0 Å². The summed E-state index contributed by atoms with van der Waals surface area (Å²) in [6.07, 6.45) is -0.401. The molecular weight excluding hydrogens is 254 g/mol. The molecule has 0 aromatic rings. The van der Waals surface area contributed by atoms with Crippen LogP contribution in [0, 0.1) is 5.92 Å². The second kappa shape index (κ2) is 7.28. The van der Waals surface area contributed by atoms with Gasteiger partial charge in [0.25, 0.3) is 0 Å². The molecule has 19 heavy (non-hydrogen) atoms. The van der Waals surface area contributed by atoms with Crippen molar-refractivity contribution in [2.45, 2.75) is 32.1 Å². The molecule has 0 bridgehead atoms. The fourth-order valence-electron chi connectivity index (χ4n) is 2.38. The second-order valence-electron chi connectivity index (χ2n) is 4.88. The van der Waals surface area contributed by atoms with E-state index in [1.54, 1.807) is 6.92 Å². The Morgan fingerprint density at radius 1 is 1.37 bits per heavy atom. The zero-order valence-electron chi connectivity index (χ0n) is 11.4. The molecule has 0 saturated carbocycles. The average molecular weight is 277 g/mol. The van der Waals surface area contributed by atoms with Crippen molar-refractivity contribution in [3.05, 3.63) is 0 Å². The number of nitrogens with zero attached hydrogens (tertiary/aromatic N) is 1. The Kier molecular flexibility index (Phi) is 6.31. The molecule has 3 unspecified atom stereocenters. The van der Waals surface area contributed by atoms with Crippen molar-refractivity contribution in [1.29, 1.82) is 0 Å². The molecule has 1 rings (SSSR count). The summed E-state index contributed by atoms with van der Waals surface area (Å²) >= 11 is 0. The predicted molar refractivity (Wildman–Crippen MR) is 66.0 cm³/mol. The van der Waals surface area contributed by atoms with Crippen molar-refractivity contribution in [2.75, 3.05) is 33.0 Å². The van der Waals surface area contributed by atoms with Crippen molar-refractivity contribution < 1.29 is 29.7 Å².